The number of aliphatic imine (C=N–C) groups is 1. The van der Waals surface area contributed by atoms with Crippen LogP contribution in [0.1, 0.15) is 43.6 Å². The van der Waals surface area contributed by atoms with Gasteiger partial charge in [0, 0.05) is 24.7 Å². The number of carbonyl (C=O) groups is 1. The number of hydrogen-bond donors (Lipinski definition) is 3. The normalized spacial score (nSPS) is 10.9. The van der Waals surface area contributed by atoms with E-state index in [9.17, 15) is 4.79 Å². The van der Waals surface area contributed by atoms with E-state index in [1.54, 1.807) is 0 Å². The highest BCUT2D eigenvalue weighted by Crippen LogP contribution is 2.06. The van der Waals surface area contributed by atoms with E-state index in [0.717, 1.165) is 18.1 Å². The lowest BCUT2D eigenvalue weighted by atomic mass is 10.1. The van der Waals surface area contributed by atoms with Crippen molar-refractivity contribution in [1.82, 2.24) is 16.0 Å². The third kappa shape index (κ3) is 7.63. The Labute approximate surface area is 150 Å². The third-order valence-corrected chi connectivity index (χ3v) is 2.72. The maximum absolute atomic E-state index is 11.8. The summed E-state index contributed by atoms with van der Waals surface area (Å²) in [5.41, 5.74) is 1.69. The van der Waals surface area contributed by atoms with Crippen molar-refractivity contribution in [2.75, 3.05) is 13.1 Å². The van der Waals surface area contributed by atoms with E-state index in [1.165, 1.54) is 0 Å². The van der Waals surface area contributed by atoms with Crippen LogP contribution in [0.4, 0.5) is 0 Å². The Kier molecular flexibility index (Phi) is 10.6. The molecule has 0 spiro atoms. The number of hydrogen-bond acceptors (Lipinski definition) is 2. The molecule has 0 fully saturated rings. The molecule has 6 heteroatoms. The van der Waals surface area contributed by atoms with E-state index < -0.39 is 0 Å². The van der Waals surface area contributed by atoms with Crippen LogP contribution in [0.5, 0.6) is 0 Å². The van der Waals surface area contributed by atoms with E-state index in [2.05, 4.69) is 34.8 Å². The SMILES string of the molecule is CCNC(=O)c1cccc(CN=C(NCC)NC(C)C)c1.I. The lowest BCUT2D eigenvalue weighted by molar-refractivity contribution is 0.0955. The summed E-state index contributed by atoms with van der Waals surface area (Å²) in [7, 11) is 0. The Morgan fingerprint density at radius 3 is 2.45 bits per heavy atom. The van der Waals surface area contributed by atoms with Gasteiger partial charge in [0.15, 0.2) is 5.96 Å². The molecule has 0 aliphatic carbocycles. The van der Waals surface area contributed by atoms with Crippen molar-refractivity contribution in [3.8, 4) is 0 Å². The van der Waals surface area contributed by atoms with Crippen molar-refractivity contribution in [3.05, 3.63) is 35.4 Å². The molecule has 0 aromatic heterocycles. The van der Waals surface area contributed by atoms with Gasteiger partial charge >= 0.3 is 0 Å². The molecule has 0 aliphatic rings. The van der Waals surface area contributed by atoms with Gasteiger partial charge in [0.1, 0.15) is 0 Å². The highest BCUT2D eigenvalue weighted by atomic mass is 127. The van der Waals surface area contributed by atoms with E-state index >= 15 is 0 Å². The fraction of sp³-hybridized carbons (Fsp3) is 0.500. The second kappa shape index (κ2) is 11.3. The van der Waals surface area contributed by atoms with E-state index in [4.69, 9.17) is 0 Å². The molecule has 0 heterocycles. The Morgan fingerprint density at radius 2 is 1.86 bits per heavy atom. The first kappa shape index (κ1) is 20.7. The molecule has 0 radical (unpaired) electrons. The molecule has 22 heavy (non-hydrogen) atoms. The molecule has 0 aliphatic heterocycles. The topological polar surface area (TPSA) is 65.5 Å². The number of nitrogens with one attached hydrogen (secondary N) is 3. The Bertz CT molecular complexity index is 489. The first-order chi connectivity index (χ1) is 10.1. The predicted molar refractivity (Wildman–Crippen MR) is 103 cm³/mol. The van der Waals surface area contributed by atoms with Crippen LogP contribution in [0, 0.1) is 0 Å². The highest BCUT2D eigenvalue weighted by molar-refractivity contribution is 14.0. The van der Waals surface area contributed by atoms with Crippen LogP contribution >= 0.6 is 24.0 Å². The van der Waals surface area contributed by atoms with Gasteiger partial charge in [0.2, 0.25) is 0 Å². The summed E-state index contributed by atoms with van der Waals surface area (Å²) in [5.74, 6) is 0.742. The second-order valence-electron chi connectivity index (χ2n) is 5.05. The standard InChI is InChI=1S/C16H26N4O.HI/c1-5-17-15(21)14-9-7-8-13(10-14)11-19-16(18-6-2)20-12(3)4;/h7-10,12H,5-6,11H2,1-4H3,(H,17,21)(H2,18,19,20);1H. The van der Waals surface area contributed by atoms with Gasteiger partial charge in [-0.25, -0.2) is 4.99 Å². The average molecular weight is 418 g/mol. The molecule has 0 bridgehead atoms. The number of halogens is 1. The summed E-state index contributed by atoms with van der Waals surface area (Å²) in [6.45, 7) is 10.1. The lowest BCUT2D eigenvalue weighted by Gasteiger charge is -2.14. The van der Waals surface area contributed by atoms with E-state index in [1.807, 2.05) is 38.1 Å². The first-order valence-corrected chi connectivity index (χ1v) is 7.48. The van der Waals surface area contributed by atoms with Crippen molar-refractivity contribution in [3.63, 3.8) is 0 Å². The quantitative estimate of drug-likeness (QED) is 0.378. The Morgan fingerprint density at radius 1 is 1.18 bits per heavy atom. The molecule has 0 unspecified atom stereocenters. The van der Waals surface area contributed by atoms with E-state index in [-0.39, 0.29) is 29.9 Å². The summed E-state index contributed by atoms with van der Waals surface area (Å²) in [6.07, 6.45) is 0. The molecule has 0 saturated carbocycles. The molecule has 1 rings (SSSR count). The summed E-state index contributed by atoms with van der Waals surface area (Å²) >= 11 is 0. The van der Waals surface area contributed by atoms with Gasteiger partial charge in [-0.05, 0) is 45.4 Å². The second-order valence-corrected chi connectivity index (χ2v) is 5.05. The maximum atomic E-state index is 11.8. The van der Waals surface area contributed by atoms with Gasteiger partial charge in [-0.3, -0.25) is 4.79 Å². The van der Waals surface area contributed by atoms with Crippen molar-refractivity contribution in [1.29, 1.82) is 0 Å². The Hall–Kier alpha value is -1.31. The number of nitrogens with zero attached hydrogens (tertiary/aromatic N) is 1. The van der Waals surface area contributed by atoms with Gasteiger partial charge in [-0.1, -0.05) is 12.1 Å². The summed E-state index contributed by atoms with van der Waals surface area (Å²) in [4.78, 5) is 16.3. The number of amides is 1. The third-order valence-electron chi connectivity index (χ3n) is 2.72. The fourth-order valence-corrected chi connectivity index (χ4v) is 1.84. The van der Waals surface area contributed by atoms with Crippen LogP contribution < -0.4 is 16.0 Å². The van der Waals surface area contributed by atoms with Gasteiger partial charge in [0.05, 0.1) is 6.54 Å². The first-order valence-electron chi connectivity index (χ1n) is 7.48. The highest BCUT2D eigenvalue weighted by Gasteiger charge is 2.05. The number of guanidine groups is 1. The minimum absolute atomic E-state index is 0. The van der Waals surface area contributed by atoms with Crippen LogP contribution in [0.2, 0.25) is 0 Å². The van der Waals surface area contributed by atoms with Crippen LogP contribution in [-0.4, -0.2) is 31.0 Å². The number of benzene rings is 1. The van der Waals surface area contributed by atoms with Crippen molar-refractivity contribution in [2.45, 2.75) is 40.3 Å². The smallest absolute Gasteiger partial charge is 0.251 e. The number of rotatable bonds is 6. The monoisotopic (exact) mass is 418 g/mol. The minimum atomic E-state index is -0.0458. The van der Waals surface area contributed by atoms with Gasteiger partial charge in [-0.2, -0.15) is 0 Å². The van der Waals surface area contributed by atoms with Crippen LogP contribution in [0.25, 0.3) is 0 Å². The van der Waals surface area contributed by atoms with Crippen LogP contribution in [0.3, 0.4) is 0 Å². The summed E-state index contributed by atoms with van der Waals surface area (Å²) in [5, 5.41) is 9.27. The predicted octanol–water partition coefficient (Wildman–Crippen LogP) is 2.52. The molecule has 1 aromatic carbocycles. The molecule has 124 valence electrons. The molecular formula is C16H27IN4O. The largest absolute Gasteiger partial charge is 0.357 e. The molecule has 1 amide bonds. The summed E-state index contributed by atoms with van der Waals surface area (Å²) in [6, 6.07) is 7.89. The van der Waals surface area contributed by atoms with Crippen molar-refractivity contribution < 1.29 is 4.79 Å². The molecule has 0 atom stereocenters. The number of carbonyl (C=O) groups excluding carboxylic acids is 1. The van der Waals surface area contributed by atoms with Gasteiger partial charge in [0.25, 0.3) is 5.91 Å². The molecule has 0 saturated heterocycles. The van der Waals surface area contributed by atoms with Crippen LogP contribution in [0.15, 0.2) is 29.3 Å². The average Bonchev–Trinajstić information content (AvgIpc) is 2.45. The zero-order chi connectivity index (χ0) is 15.7. The van der Waals surface area contributed by atoms with Gasteiger partial charge in [-0.15, -0.1) is 24.0 Å². The molecule has 5 nitrogen and oxygen atoms in total. The van der Waals surface area contributed by atoms with Gasteiger partial charge < -0.3 is 16.0 Å². The lowest BCUT2D eigenvalue weighted by Crippen LogP contribution is -2.41. The summed E-state index contributed by atoms with van der Waals surface area (Å²) < 4.78 is 0. The Balaban J connectivity index is 0.00000441. The molecule has 1 aromatic rings. The van der Waals surface area contributed by atoms with Crippen molar-refractivity contribution >= 4 is 35.8 Å². The molecular weight excluding hydrogens is 391 g/mol. The van der Waals surface area contributed by atoms with Crippen LogP contribution in [-0.2, 0) is 6.54 Å². The zero-order valence-electron chi connectivity index (χ0n) is 13.8. The molecule has 3 N–H and O–H groups in total. The zero-order valence-corrected chi connectivity index (χ0v) is 16.1. The van der Waals surface area contributed by atoms with Crippen molar-refractivity contribution in [2.24, 2.45) is 4.99 Å². The fourth-order valence-electron chi connectivity index (χ4n) is 1.84. The minimum Gasteiger partial charge on any atom is -0.357 e. The maximum Gasteiger partial charge on any atom is 0.251 e. The van der Waals surface area contributed by atoms with E-state index in [0.29, 0.717) is 24.7 Å².